The number of carbonyl (C=O) groups excluding carboxylic acids is 1. The van der Waals surface area contributed by atoms with Crippen molar-refractivity contribution in [3.63, 3.8) is 0 Å². The van der Waals surface area contributed by atoms with Crippen LogP contribution in [-0.4, -0.2) is 32.3 Å². The number of benzene rings is 1. The molecule has 0 N–H and O–H groups in total. The summed E-state index contributed by atoms with van der Waals surface area (Å²) < 4.78 is 29.9. The zero-order valence-corrected chi connectivity index (χ0v) is 6.30. The van der Waals surface area contributed by atoms with Gasteiger partial charge in [-0.05, 0) is 12.1 Å². The van der Waals surface area contributed by atoms with Crippen LogP contribution in [0.4, 0.5) is 8.78 Å². The van der Waals surface area contributed by atoms with Crippen molar-refractivity contribution in [3.05, 3.63) is 29.3 Å². The Hall–Kier alpha value is -0.853. The van der Waals surface area contributed by atoms with E-state index in [0.717, 1.165) is 6.07 Å². The van der Waals surface area contributed by atoms with Crippen LogP contribution in [0.2, 0.25) is 0 Å². The van der Waals surface area contributed by atoms with E-state index in [0.29, 0.717) is 0 Å². The molecule has 1 aromatic carbocycles. The summed E-state index contributed by atoms with van der Waals surface area (Å²) in [4.78, 5) is 10.3. The second kappa shape index (κ2) is 5.00. The number of hydrogen-bond acceptors (Lipinski definition) is 2. The Bertz CT molecular complexity index is 315. The van der Waals surface area contributed by atoms with Gasteiger partial charge in [0.05, 0.1) is 12.7 Å². The average molecular weight is 180 g/mol. The quantitative estimate of drug-likeness (QED) is 0.503. The molecule has 1 aromatic rings. The van der Waals surface area contributed by atoms with Crippen molar-refractivity contribution in [1.82, 2.24) is 0 Å². The molecule has 0 saturated heterocycles. The third-order valence-corrected chi connectivity index (χ3v) is 1.43. The van der Waals surface area contributed by atoms with Crippen LogP contribution < -0.4 is 4.74 Å². The number of rotatable bonds is 2. The Kier molecular flexibility index (Phi) is 4.67. The first-order chi connectivity index (χ1) is 5.70. The van der Waals surface area contributed by atoms with Crippen molar-refractivity contribution < 1.29 is 18.3 Å². The zero-order valence-electron chi connectivity index (χ0n) is 6.30. The number of aldehydes is 1. The van der Waals surface area contributed by atoms with Gasteiger partial charge in [0.2, 0.25) is 0 Å². The van der Waals surface area contributed by atoms with Crippen molar-refractivity contribution in [2.45, 2.75) is 0 Å². The maximum absolute atomic E-state index is 12.8. The summed E-state index contributed by atoms with van der Waals surface area (Å²) in [5.74, 6) is -2.20. The van der Waals surface area contributed by atoms with Crippen LogP contribution in [0.3, 0.4) is 0 Å². The van der Waals surface area contributed by atoms with Crippen molar-refractivity contribution >= 4 is 25.1 Å². The van der Waals surface area contributed by atoms with E-state index in [9.17, 15) is 13.6 Å². The summed E-state index contributed by atoms with van der Waals surface area (Å²) in [6, 6.07) is 2.10. The van der Waals surface area contributed by atoms with E-state index >= 15 is 0 Å². The molecule has 0 spiro atoms. The molecule has 0 aliphatic carbocycles. The summed E-state index contributed by atoms with van der Waals surface area (Å²) in [7, 11) is 1.28. The number of ether oxygens (including phenoxy) is 1. The summed E-state index contributed by atoms with van der Waals surface area (Å²) >= 11 is 0. The molecule has 13 heavy (non-hydrogen) atoms. The van der Waals surface area contributed by atoms with Crippen molar-refractivity contribution in [1.29, 1.82) is 0 Å². The Morgan fingerprint density at radius 1 is 1.38 bits per heavy atom. The van der Waals surface area contributed by atoms with Crippen LogP contribution in [-0.2, 0) is 0 Å². The van der Waals surface area contributed by atoms with E-state index in [-0.39, 0.29) is 30.9 Å². The van der Waals surface area contributed by atoms with E-state index in [1.807, 2.05) is 0 Å². The van der Waals surface area contributed by atoms with Gasteiger partial charge >= 0.3 is 18.9 Å². The number of halogens is 2. The molecule has 0 unspecified atom stereocenters. The predicted octanol–water partition coefficient (Wildman–Crippen LogP) is 1.14. The normalized spacial score (nSPS) is 8.85. The predicted molar refractivity (Wildman–Crippen MR) is 45.4 cm³/mol. The third kappa shape index (κ3) is 2.30. The van der Waals surface area contributed by atoms with Gasteiger partial charge in [-0.3, -0.25) is 4.79 Å². The molecule has 0 fully saturated rings. The van der Waals surface area contributed by atoms with Gasteiger partial charge in [0.25, 0.3) is 0 Å². The van der Waals surface area contributed by atoms with Crippen LogP contribution >= 0.6 is 0 Å². The van der Waals surface area contributed by atoms with Crippen LogP contribution in [0, 0.1) is 11.6 Å². The van der Waals surface area contributed by atoms with Gasteiger partial charge in [-0.1, -0.05) is 0 Å². The van der Waals surface area contributed by atoms with Gasteiger partial charge in [-0.15, -0.1) is 0 Å². The third-order valence-electron chi connectivity index (χ3n) is 1.43. The zero-order chi connectivity index (χ0) is 9.14. The Morgan fingerprint density at radius 2 is 2.00 bits per heavy atom. The molecule has 66 valence electrons. The second-order valence-corrected chi connectivity index (χ2v) is 2.10. The molecular weight excluding hydrogens is 173 g/mol. The minimum atomic E-state index is -1.18. The van der Waals surface area contributed by atoms with Crippen LogP contribution in [0.5, 0.6) is 5.75 Å². The fraction of sp³-hybridized carbons (Fsp3) is 0.125. The van der Waals surface area contributed by atoms with E-state index < -0.39 is 17.2 Å². The van der Waals surface area contributed by atoms with E-state index in [2.05, 4.69) is 4.74 Å². The maximum atomic E-state index is 12.8. The fourth-order valence-electron chi connectivity index (χ4n) is 0.836. The van der Waals surface area contributed by atoms with Crippen LogP contribution in [0.15, 0.2) is 12.1 Å². The van der Waals surface area contributed by atoms with Gasteiger partial charge in [0, 0.05) is 0 Å². The minimum absolute atomic E-state index is 0. The first-order valence-electron chi connectivity index (χ1n) is 3.18. The van der Waals surface area contributed by atoms with E-state index in [4.69, 9.17) is 0 Å². The van der Waals surface area contributed by atoms with Gasteiger partial charge in [0.1, 0.15) is 5.75 Å². The topological polar surface area (TPSA) is 26.3 Å². The van der Waals surface area contributed by atoms with Crippen molar-refractivity contribution in [2.75, 3.05) is 7.11 Å². The van der Waals surface area contributed by atoms with Crippen LogP contribution in [0.25, 0.3) is 0 Å². The van der Waals surface area contributed by atoms with Crippen molar-refractivity contribution in [2.24, 2.45) is 0 Å². The fourth-order valence-corrected chi connectivity index (χ4v) is 0.836. The SMILES string of the molecule is COc1ccc(F)c(F)c1C=O.[LiH]. The molecular formula is C8H7F2LiO2. The number of methoxy groups -OCH3 is 1. The Labute approximate surface area is 86.1 Å². The van der Waals surface area contributed by atoms with Crippen molar-refractivity contribution in [3.8, 4) is 5.75 Å². The molecule has 0 heterocycles. The molecule has 0 bridgehead atoms. The Balaban J connectivity index is 0.00000144. The second-order valence-electron chi connectivity index (χ2n) is 2.10. The average Bonchev–Trinajstić information content (AvgIpc) is 2.09. The molecule has 0 aliphatic heterocycles. The molecule has 0 amide bonds. The van der Waals surface area contributed by atoms with Gasteiger partial charge in [-0.25, -0.2) is 8.78 Å². The van der Waals surface area contributed by atoms with E-state index in [1.165, 1.54) is 13.2 Å². The summed E-state index contributed by atoms with van der Waals surface area (Å²) in [6.07, 6.45) is 0.219. The van der Waals surface area contributed by atoms with Crippen LogP contribution in [0.1, 0.15) is 10.4 Å². The first-order valence-corrected chi connectivity index (χ1v) is 3.18. The van der Waals surface area contributed by atoms with Gasteiger partial charge in [0.15, 0.2) is 17.9 Å². The molecule has 5 heteroatoms. The first kappa shape index (κ1) is 12.1. The monoisotopic (exact) mass is 180 g/mol. The number of carbonyl (C=O) groups is 1. The summed E-state index contributed by atoms with van der Waals surface area (Å²) in [5.41, 5.74) is -0.391. The molecule has 0 saturated carbocycles. The number of hydrogen-bond donors (Lipinski definition) is 0. The van der Waals surface area contributed by atoms with Gasteiger partial charge in [-0.2, -0.15) is 0 Å². The summed E-state index contributed by atoms with van der Waals surface area (Å²) in [5, 5.41) is 0. The summed E-state index contributed by atoms with van der Waals surface area (Å²) in [6.45, 7) is 0. The van der Waals surface area contributed by atoms with Gasteiger partial charge < -0.3 is 4.74 Å². The molecule has 0 atom stereocenters. The Morgan fingerprint density at radius 3 is 2.46 bits per heavy atom. The van der Waals surface area contributed by atoms with E-state index in [1.54, 1.807) is 0 Å². The molecule has 0 radical (unpaired) electrons. The molecule has 0 aliphatic rings. The molecule has 0 aromatic heterocycles. The molecule has 2 nitrogen and oxygen atoms in total. The molecule has 1 rings (SSSR count). The standard InChI is InChI=1S/C8H6F2O2.Li.H/c1-12-7-3-2-6(9)8(10)5(7)4-11;;/h2-4H,1H3;;.